The first-order valence-corrected chi connectivity index (χ1v) is 11.6. The van der Waals surface area contributed by atoms with E-state index in [9.17, 15) is 13.2 Å². The number of rotatable bonds is 6. The maximum atomic E-state index is 12.8. The van der Waals surface area contributed by atoms with Gasteiger partial charge >= 0.3 is 0 Å². The number of nitrogens with zero attached hydrogens (tertiary/aromatic N) is 1. The fourth-order valence-corrected chi connectivity index (χ4v) is 4.25. The van der Waals surface area contributed by atoms with Gasteiger partial charge in [-0.15, -0.1) is 0 Å². The van der Waals surface area contributed by atoms with Crippen molar-refractivity contribution in [2.75, 3.05) is 18.5 Å². The summed E-state index contributed by atoms with van der Waals surface area (Å²) in [5, 5.41) is 1.36. The largest absolute Gasteiger partial charge is 0.490 e. The second-order valence-corrected chi connectivity index (χ2v) is 9.48. The van der Waals surface area contributed by atoms with Gasteiger partial charge in [0.2, 0.25) is 11.8 Å². The van der Waals surface area contributed by atoms with E-state index in [1.54, 1.807) is 18.2 Å². The van der Waals surface area contributed by atoms with E-state index in [0.29, 0.717) is 36.3 Å². The minimum atomic E-state index is -3.82. The fourth-order valence-electron chi connectivity index (χ4n) is 3.07. The van der Waals surface area contributed by atoms with Crippen LogP contribution in [-0.2, 0) is 20.4 Å². The van der Waals surface area contributed by atoms with Crippen molar-refractivity contribution in [3.63, 3.8) is 0 Å². The Bertz CT molecular complexity index is 1170. The highest BCUT2D eigenvalue weighted by molar-refractivity contribution is 7.92. The van der Waals surface area contributed by atoms with Crippen LogP contribution in [0.25, 0.3) is 11.5 Å². The monoisotopic (exact) mass is 442 g/mol. The average Bonchev–Trinajstić information content (AvgIpc) is 3.09. The highest BCUT2D eigenvalue weighted by Gasteiger charge is 2.29. The Morgan fingerprint density at radius 2 is 1.84 bits per heavy atom. The molecule has 1 amide bonds. The smallest absolute Gasteiger partial charge is 0.242 e. The molecule has 0 saturated heterocycles. The van der Waals surface area contributed by atoms with E-state index in [1.165, 1.54) is 13.2 Å². The predicted octanol–water partition coefficient (Wildman–Crippen LogP) is 3.44. The molecule has 0 bridgehead atoms. The van der Waals surface area contributed by atoms with Crippen molar-refractivity contribution in [1.82, 2.24) is 4.98 Å². The molecule has 0 aliphatic carbocycles. The maximum absolute atomic E-state index is 12.8. The van der Waals surface area contributed by atoms with Gasteiger partial charge in [-0.25, -0.2) is 13.4 Å². The summed E-state index contributed by atoms with van der Waals surface area (Å²) in [6, 6.07) is 14.1. The summed E-state index contributed by atoms with van der Waals surface area (Å²) in [5.74, 6) is 0.397. The minimum Gasteiger partial charge on any atom is -0.490 e. The first-order chi connectivity index (χ1) is 14.9. The van der Waals surface area contributed by atoms with E-state index < -0.39 is 26.7 Å². The number of hydrogen-bond acceptors (Lipinski definition) is 7. The summed E-state index contributed by atoms with van der Waals surface area (Å²) in [4.78, 5) is 16.8. The third kappa shape index (κ3) is 4.88. The molecule has 1 aliphatic rings. The quantitative estimate of drug-likeness (QED) is 0.623. The van der Waals surface area contributed by atoms with Crippen molar-refractivity contribution in [1.29, 1.82) is 0 Å². The van der Waals surface area contributed by atoms with Crippen LogP contribution in [0.15, 0.2) is 59.2 Å². The molecular weight excluding hydrogens is 420 g/mol. The van der Waals surface area contributed by atoms with Gasteiger partial charge in [-0.2, -0.15) is 0 Å². The van der Waals surface area contributed by atoms with Crippen molar-refractivity contribution in [3.05, 3.63) is 60.5 Å². The van der Waals surface area contributed by atoms with Crippen LogP contribution in [0.4, 0.5) is 5.69 Å². The molecule has 0 radical (unpaired) electrons. The predicted molar refractivity (Wildman–Crippen MR) is 115 cm³/mol. The molecule has 1 atom stereocenters. The Kier molecular flexibility index (Phi) is 5.94. The van der Waals surface area contributed by atoms with Gasteiger partial charge in [-0.1, -0.05) is 18.2 Å². The zero-order chi connectivity index (χ0) is 21.8. The number of nitrogens with one attached hydrogen (secondary N) is 1. The van der Waals surface area contributed by atoms with Crippen molar-refractivity contribution < 1.29 is 27.1 Å². The van der Waals surface area contributed by atoms with Crippen molar-refractivity contribution in [2.24, 2.45) is 0 Å². The molecule has 2 heterocycles. The highest BCUT2D eigenvalue weighted by atomic mass is 32.2. The minimum absolute atomic E-state index is 0.245. The molecule has 31 heavy (non-hydrogen) atoms. The number of carbonyl (C=O) groups is 1. The molecule has 0 unspecified atom stereocenters. The van der Waals surface area contributed by atoms with E-state index in [1.807, 2.05) is 30.3 Å². The molecule has 9 heteroatoms. The van der Waals surface area contributed by atoms with Crippen LogP contribution in [0.2, 0.25) is 0 Å². The van der Waals surface area contributed by atoms with Gasteiger partial charge in [0.1, 0.15) is 11.5 Å². The van der Waals surface area contributed by atoms with Crippen LogP contribution in [0.5, 0.6) is 11.5 Å². The topological polar surface area (TPSA) is 108 Å². The van der Waals surface area contributed by atoms with Gasteiger partial charge in [0.05, 0.1) is 24.7 Å². The molecule has 2 aromatic carbocycles. The molecule has 0 saturated carbocycles. The first kappa shape index (κ1) is 20.9. The Morgan fingerprint density at radius 3 is 2.61 bits per heavy atom. The standard InChI is InChI=1S/C22H22N2O6S/c1-15(21(25)23-17-8-9-19-20(12-17)29-11-5-10-28-19)31(26,27)14-18-13-30-22(24-18)16-6-3-2-4-7-16/h2-4,6-9,12-13,15H,5,10-11,14H2,1H3,(H,23,25)/t15-/m1/s1. The van der Waals surface area contributed by atoms with E-state index in [0.717, 1.165) is 12.0 Å². The molecular formula is C22H22N2O6S. The van der Waals surface area contributed by atoms with Crippen LogP contribution < -0.4 is 14.8 Å². The second kappa shape index (κ2) is 8.81. The summed E-state index contributed by atoms with van der Waals surface area (Å²) in [6.07, 6.45) is 2.06. The molecule has 162 valence electrons. The van der Waals surface area contributed by atoms with Gasteiger partial charge in [0, 0.05) is 23.7 Å². The molecule has 0 fully saturated rings. The summed E-state index contributed by atoms with van der Waals surface area (Å²) in [6.45, 7) is 2.42. The van der Waals surface area contributed by atoms with Crippen molar-refractivity contribution in [3.8, 4) is 23.0 Å². The first-order valence-electron chi connectivity index (χ1n) is 9.84. The van der Waals surface area contributed by atoms with E-state index in [4.69, 9.17) is 13.9 Å². The number of hydrogen-bond donors (Lipinski definition) is 1. The van der Waals surface area contributed by atoms with E-state index in [2.05, 4.69) is 10.3 Å². The lowest BCUT2D eigenvalue weighted by atomic mass is 10.2. The van der Waals surface area contributed by atoms with Gasteiger partial charge < -0.3 is 19.2 Å². The third-order valence-electron chi connectivity index (χ3n) is 4.84. The lowest BCUT2D eigenvalue weighted by molar-refractivity contribution is -0.115. The zero-order valence-corrected chi connectivity index (χ0v) is 17.7. The molecule has 8 nitrogen and oxygen atoms in total. The van der Waals surface area contributed by atoms with Crippen LogP contribution in [-0.4, -0.2) is 37.8 Å². The normalized spacial score (nSPS) is 14.5. The number of carbonyl (C=O) groups excluding carboxylic acids is 1. The summed E-state index contributed by atoms with van der Waals surface area (Å²) >= 11 is 0. The molecule has 3 aromatic rings. The van der Waals surface area contributed by atoms with Crippen molar-refractivity contribution >= 4 is 21.4 Å². The molecule has 4 rings (SSSR count). The van der Waals surface area contributed by atoms with Crippen LogP contribution in [0.3, 0.4) is 0 Å². The summed E-state index contributed by atoms with van der Waals surface area (Å²) in [7, 11) is -3.82. The fraction of sp³-hybridized carbons (Fsp3) is 0.273. The number of benzene rings is 2. The molecule has 1 aliphatic heterocycles. The lowest BCUT2D eigenvalue weighted by Gasteiger charge is -2.14. The number of aromatic nitrogens is 1. The summed E-state index contributed by atoms with van der Waals surface area (Å²) in [5.41, 5.74) is 1.42. The second-order valence-electron chi connectivity index (χ2n) is 7.16. The number of oxazole rings is 1. The van der Waals surface area contributed by atoms with Crippen LogP contribution in [0.1, 0.15) is 19.0 Å². The number of fused-ring (bicyclic) bond motifs is 1. The highest BCUT2D eigenvalue weighted by Crippen LogP contribution is 2.32. The van der Waals surface area contributed by atoms with Gasteiger partial charge in [0.15, 0.2) is 21.3 Å². The average molecular weight is 442 g/mol. The van der Waals surface area contributed by atoms with Gasteiger partial charge in [0.25, 0.3) is 0 Å². The number of ether oxygens (including phenoxy) is 2. The molecule has 1 aromatic heterocycles. The van der Waals surface area contributed by atoms with Gasteiger partial charge in [-0.05, 0) is 31.2 Å². The number of sulfone groups is 1. The van der Waals surface area contributed by atoms with E-state index >= 15 is 0 Å². The third-order valence-corrected chi connectivity index (χ3v) is 6.83. The Morgan fingerprint density at radius 1 is 1.10 bits per heavy atom. The maximum Gasteiger partial charge on any atom is 0.242 e. The number of anilines is 1. The Hall–Kier alpha value is -3.33. The zero-order valence-electron chi connectivity index (χ0n) is 16.9. The van der Waals surface area contributed by atoms with Crippen LogP contribution in [0, 0.1) is 0 Å². The van der Waals surface area contributed by atoms with Crippen LogP contribution >= 0.6 is 0 Å². The van der Waals surface area contributed by atoms with Gasteiger partial charge in [-0.3, -0.25) is 4.79 Å². The molecule has 0 spiro atoms. The Balaban J connectivity index is 1.43. The summed E-state index contributed by atoms with van der Waals surface area (Å²) < 4.78 is 42.1. The number of amides is 1. The molecule has 1 N–H and O–H groups in total. The SMILES string of the molecule is C[C@H](C(=O)Nc1ccc2c(c1)OCCCO2)S(=O)(=O)Cc1coc(-c2ccccc2)n1. The lowest BCUT2D eigenvalue weighted by Crippen LogP contribution is -2.33. The van der Waals surface area contributed by atoms with E-state index in [-0.39, 0.29) is 5.69 Å². The van der Waals surface area contributed by atoms with Crippen molar-refractivity contribution in [2.45, 2.75) is 24.3 Å². The Labute approximate surface area is 180 Å².